The van der Waals surface area contributed by atoms with E-state index in [1.807, 2.05) is 36.4 Å². The number of aromatic nitrogens is 1. The molecule has 6 nitrogen and oxygen atoms in total. The normalized spacial score (nSPS) is 16.2. The van der Waals surface area contributed by atoms with Gasteiger partial charge in [-0.15, -0.1) is 11.3 Å². The predicted octanol–water partition coefficient (Wildman–Crippen LogP) is 4.98. The van der Waals surface area contributed by atoms with Gasteiger partial charge in [0.1, 0.15) is 5.01 Å². The Hall–Kier alpha value is -3.55. The molecule has 0 unspecified atom stereocenters. The number of hydrogen-bond acceptors (Lipinski definition) is 6. The molecule has 0 radical (unpaired) electrons. The fourth-order valence-corrected chi connectivity index (χ4v) is 6.09. The smallest absolute Gasteiger partial charge is 0.264 e. The van der Waals surface area contributed by atoms with E-state index in [1.165, 1.54) is 27.4 Å². The minimum atomic E-state index is -0.231. The number of para-hydroxylation sites is 1. The maximum atomic E-state index is 13.5. The summed E-state index contributed by atoms with van der Waals surface area (Å²) in [6.45, 7) is 6.78. The van der Waals surface area contributed by atoms with Crippen LogP contribution >= 0.6 is 11.3 Å². The number of rotatable bonds is 6. The van der Waals surface area contributed by atoms with Crippen LogP contribution in [0.5, 0.6) is 0 Å². The van der Waals surface area contributed by atoms with Crippen molar-refractivity contribution in [3.05, 3.63) is 94.0 Å². The summed E-state index contributed by atoms with van der Waals surface area (Å²) < 4.78 is 1.06. The molecule has 1 fully saturated rings. The van der Waals surface area contributed by atoms with Crippen LogP contribution < -0.4 is 4.90 Å². The fraction of sp³-hybridized carbons (Fsp3) is 0.276. The Bertz CT molecular complexity index is 1400. The first-order valence-electron chi connectivity index (χ1n) is 12.5. The van der Waals surface area contributed by atoms with E-state index < -0.39 is 0 Å². The van der Waals surface area contributed by atoms with Crippen LogP contribution in [-0.2, 0) is 19.5 Å². The van der Waals surface area contributed by atoms with Crippen molar-refractivity contribution in [3.63, 3.8) is 0 Å². The van der Waals surface area contributed by atoms with E-state index in [-0.39, 0.29) is 18.4 Å². The quantitative estimate of drug-likeness (QED) is 0.353. The number of fused-ring (bicyclic) bond motifs is 2. The number of benzene rings is 3. The zero-order valence-corrected chi connectivity index (χ0v) is 21.1. The van der Waals surface area contributed by atoms with Crippen molar-refractivity contribution in [1.82, 2.24) is 14.8 Å². The zero-order valence-electron chi connectivity index (χ0n) is 20.3. The van der Waals surface area contributed by atoms with Crippen LogP contribution in [0.2, 0.25) is 0 Å². The maximum absolute atomic E-state index is 13.5. The first kappa shape index (κ1) is 22.9. The highest BCUT2D eigenvalue weighted by Crippen LogP contribution is 2.34. The van der Waals surface area contributed by atoms with Gasteiger partial charge in [0.2, 0.25) is 0 Å². The summed E-state index contributed by atoms with van der Waals surface area (Å²) in [5, 5.41) is 0.771. The van der Waals surface area contributed by atoms with E-state index in [2.05, 4.69) is 46.0 Å². The molecular formula is C29H28N4O2S. The fourth-order valence-electron chi connectivity index (χ4n) is 5.13. The van der Waals surface area contributed by atoms with Crippen LogP contribution in [0.4, 0.5) is 5.69 Å². The Morgan fingerprint density at radius 2 is 1.56 bits per heavy atom. The van der Waals surface area contributed by atoms with Crippen LogP contribution in [0.1, 0.15) is 43.8 Å². The number of carbonyl (C=O) groups is 2. The highest BCUT2D eigenvalue weighted by molar-refractivity contribution is 7.18. The van der Waals surface area contributed by atoms with Crippen LogP contribution in [0, 0.1) is 0 Å². The molecule has 1 aromatic heterocycles. The molecule has 2 amide bonds. The monoisotopic (exact) mass is 496 g/mol. The van der Waals surface area contributed by atoms with Crippen molar-refractivity contribution in [2.24, 2.45) is 0 Å². The minimum Gasteiger partial charge on any atom is -0.368 e. The third-order valence-electron chi connectivity index (χ3n) is 7.16. The summed E-state index contributed by atoms with van der Waals surface area (Å²) in [6, 6.07) is 22.4. The lowest BCUT2D eigenvalue weighted by Crippen LogP contribution is -2.46. The van der Waals surface area contributed by atoms with Gasteiger partial charge in [0.05, 0.1) is 33.6 Å². The van der Waals surface area contributed by atoms with Crippen LogP contribution in [-0.4, -0.2) is 52.8 Å². The molecule has 182 valence electrons. The van der Waals surface area contributed by atoms with Gasteiger partial charge in [0.15, 0.2) is 0 Å². The van der Waals surface area contributed by atoms with Gasteiger partial charge in [-0.05, 0) is 41.8 Å². The number of aryl methyl sites for hydroxylation is 1. The second-order valence-corrected chi connectivity index (χ2v) is 10.5. The molecule has 0 aliphatic carbocycles. The summed E-state index contributed by atoms with van der Waals surface area (Å²) in [4.78, 5) is 37.4. The second kappa shape index (κ2) is 9.48. The molecule has 3 heterocycles. The van der Waals surface area contributed by atoms with E-state index in [0.717, 1.165) is 60.1 Å². The summed E-state index contributed by atoms with van der Waals surface area (Å²) in [5.41, 5.74) is 5.48. The van der Waals surface area contributed by atoms with E-state index in [1.54, 1.807) is 6.07 Å². The first-order chi connectivity index (χ1) is 17.6. The van der Waals surface area contributed by atoms with Gasteiger partial charge < -0.3 is 4.90 Å². The van der Waals surface area contributed by atoms with Gasteiger partial charge in [-0.25, -0.2) is 4.98 Å². The molecule has 36 heavy (non-hydrogen) atoms. The third-order valence-corrected chi connectivity index (χ3v) is 8.18. The van der Waals surface area contributed by atoms with Gasteiger partial charge in [0.25, 0.3) is 11.8 Å². The van der Waals surface area contributed by atoms with Crippen molar-refractivity contribution in [1.29, 1.82) is 0 Å². The molecule has 6 rings (SSSR count). The number of hydrogen-bond donors (Lipinski definition) is 0. The topological polar surface area (TPSA) is 56.8 Å². The Morgan fingerprint density at radius 1 is 0.806 bits per heavy atom. The molecule has 0 atom stereocenters. The molecule has 0 saturated carbocycles. The highest BCUT2D eigenvalue weighted by atomic mass is 32.1. The summed E-state index contributed by atoms with van der Waals surface area (Å²) >= 11 is 1.53. The predicted molar refractivity (Wildman–Crippen MR) is 144 cm³/mol. The number of thiazole rings is 1. The van der Waals surface area contributed by atoms with Crippen molar-refractivity contribution in [2.75, 3.05) is 31.1 Å². The Labute approximate surface area is 214 Å². The van der Waals surface area contributed by atoms with Crippen LogP contribution in [0.3, 0.4) is 0 Å². The number of nitrogens with zero attached hydrogens (tertiary/aromatic N) is 4. The average molecular weight is 497 g/mol. The number of piperazine rings is 1. The van der Waals surface area contributed by atoms with E-state index in [4.69, 9.17) is 0 Å². The van der Waals surface area contributed by atoms with E-state index in [9.17, 15) is 9.59 Å². The lowest BCUT2D eigenvalue weighted by molar-refractivity contribution is 0.0642. The van der Waals surface area contributed by atoms with Gasteiger partial charge >= 0.3 is 0 Å². The molecule has 0 N–H and O–H groups in total. The molecule has 0 bridgehead atoms. The largest absolute Gasteiger partial charge is 0.368 e. The lowest BCUT2D eigenvalue weighted by Gasteiger charge is -2.36. The third kappa shape index (κ3) is 4.18. The molecule has 2 aliphatic rings. The average Bonchev–Trinajstić information content (AvgIpc) is 3.44. The molecule has 7 heteroatoms. The van der Waals surface area contributed by atoms with Gasteiger partial charge in [-0.3, -0.25) is 19.4 Å². The number of carbonyl (C=O) groups excluding carboxylic acids is 2. The molecule has 4 aromatic rings. The van der Waals surface area contributed by atoms with Crippen LogP contribution in [0.25, 0.3) is 10.2 Å². The van der Waals surface area contributed by atoms with Gasteiger partial charge in [-0.1, -0.05) is 49.4 Å². The Kier molecular flexibility index (Phi) is 6.03. The highest BCUT2D eigenvalue weighted by Gasteiger charge is 2.39. The lowest BCUT2D eigenvalue weighted by atomic mass is 10.1. The molecule has 0 spiro atoms. The van der Waals surface area contributed by atoms with Crippen molar-refractivity contribution in [2.45, 2.75) is 26.4 Å². The number of amides is 2. The zero-order chi connectivity index (χ0) is 24.6. The summed E-state index contributed by atoms with van der Waals surface area (Å²) in [5.74, 6) is -0.450. The number of anilines is 1. The minimum absolute atomic E-state index is 0.204. The number of imide groups is 1. The summed E-state index contributed by atoms with van der Waals surface area (Å²) in [7, 11) is 0. The van der Waals surface area contributed by atoms with E-state index in [0.29, 0.717) is 11.1 Å². The molecule has 2 aliphatic heterocycles. The van der Waals surface area contributed by atoms with Crippen LogP contribution in [0.15, 0.2) is 66.7 Å². The second-order valence-electron chi connectivity index (χ2n) is 9.40. The van der Waals surface area contributed by atoms with Crippen molar-refractivity contribution < 1.29 is 9.59 Å². The molecular weight excluding hydrogens is 468 g/mol. The molecule has 1 saturated heterocycles. The van der Waals surface area contributed by atoms with Crippen molar-refractivity contribution >= 4 is 39.1 Å². The summed E-state index contributed by atoms with van der Waals surface area (Å²) in [6.07, 6.45) is 1.06. The molecule has 3 aromatic carbocycles. The Morgan fingerprint density at radius 3 is 2.31 bits per heavy atom. The SMILES string of the molecule is CCc1ccc(CN2CCN(c3cccc4c3C(=O)N(Cc3nc5ccccc5s3)C4=O)CC2)cc1. The first-order valence-corrected chi connectivity index (χ1v) is 13.3. The van der Waals surface area contributed by atoms with Crippen molar-refractivity contribution in [3.8, 4) is 0 Å². The maximum Gasteiger partial charge on any atom is 0.264 e. The Balaban J connectivity index is 1.16. The standard InChI is InChI=1S/C29H28N4O2S/c1-2-20-10-12-21(13-11-20)18-31-14-16-32(17-15-31)24-8-5-6-22-27(24)29(35)33(28(22)34)19-26-30-23-7-3-4-9-25(23)36-26/h3-13H,2,14-19H2,1H3. The van der Waals surface area contributed by atoms with Gasteiger partial charge in [-0.2, -0.15) is 0 Å². The van der Waals surface area contributed by atoms with Gasteiger partial charge in [0, 0.05) is 32.7 Å². The van der Waals surface area contributed by atoms with E-state index >= 15 is 0 Å².